The number of anilines is 1. The first kappa shape index (κ1) is 17.1. The van der Waals surface area contributed by atoms with Crippen molar-refractivity contribution >= 4 is 17.7 Å². The zero-order chi connectivity index (χ0) is 17.0. The van der Waals surface area contributed by atoms with Crippen LogP contribution in [0.1, 0.15) is 37.6 Å². The molecule has 7 heteroatoms. The molecule has 0 spiro atoms. The third-order valence-corrected chi connectivity index (χ3v) is 3.52. The second-order valence-electron chi connectivity index (χ2n) is 6.51. The van der Waals surface area contributed by atoms with E-state index in [1.165, 1.54) is 12.3 Å². The lowest BCUT2D eigenvalue weighted by atomic mass is 10.2. The molecule has 0 bridgehead atoms. The quantitative estimate of drug-likeness (QED) is 0.899. The smallest absolute Gasteiger partial charge is 0.410 e. The van der Waals surface area contributed by atoms with Gasteiger partial charge in [-0.3, -0.25) is 4.98 Å². The lowest BCUT2D eigenvalue weighted by Gasteiger charge is -2.27. The van der Waals surface area contributed by atoms with Crippen LogP contribution in [0.4, 0.5) is 10.5 Å². The summed E-state index contributed by atoms with van der Waals surface area (Å²) in [7, 11) is 0. The lowest BCUT2D eigenvalue weighted by Crippen LogP contribution is -2.39. The second-order valence-corrected chi connectivity index (χ2v) is 6.51. The molecule has 1 aliphatic heterocycles. The molecule has 0 saturated carbocycles. The molecule has 1 aliphatic rings. The summed E-state index contributed by atoms with van der Waals surface area (Å²) < 4.78 is 5.40. The maximum Gasteiger partial charge on any atom is 0.410 e. The predicted octanol–water partition coefficient (Wildman–Crippen LogP) is 2.23. The molecule has 2 heterocycles. The van der Waals surface area contributed by atoms with E-state index in [-0.39, 0.29) is 11.7 Å². The molecule has 1 N–H and O–H groups in total. The first-order valence-corrected chi connectivity index (χ1v) is 7.68. The van der Waals surface area contributed by atoms with Crippen LogP contribution in [0, 0.1) is 0 Å². The summed E-state index contributed by atoms with van der Waals surface area (Å²) in [5.41, 5.74) is 0.292. The second kappa shape index (κ2) is 6.85. The van der Waals surface area contributed by atoms with Crippen LogP contribution in [0.3, 0.4) is 0 Å². The summed E-state index contributed by atoms with van der Waals surface area (Å²) in [6.45, 7) is 7.81. The van der Waals surface area contributed by atoms with E-state index in [4.69, 9.17) is 4.74 Å². The minimum absolute atomic E-state index is 0.228. The van der Waals surface area contributed by atoms with Crippen molar-refractivity contribution in [1.29, 1.82) is 0 Å². The van der Waals surface area contributed by atoms with Gasteiger partial charge in [0.05, 0.1) is 17.4 Å². The molecule has 23 heavy (non-hydrogen) atoms. The number of amides is 1. The Hall–Kier alpha value is -2.31. The number of carbonyl (C=O) groups excluding carboxylic acids is 1. The lowest BCUT2D eigenvalue weighted by molar-refractivity contribution is 0.0263. The number of hydrogen-bond acceptors (Lipinski definition) is 5. The number of aromatic nitrogens is 1. The number of aromatic carboxylic acids is 1. The van der Waals surface area contributed by atoms with Crippen LogP contribution in [-0.2, 0) is 4.74 Å². The third-order valence-electron chi connectivity index (χ3n) is 3.52. The molecule has 0 atom stereocenters. The molecule has 1 saturated heterocycles. The average Bonchev–Trinajstić information content (AvgIpc) is 2.71. The van der Waals surface area contributed by atoms with Crippen molar-refractivity contribution < 1.29 is 19.4 Å². The van der Waals surface area contributed by atoms with Crippen molar-refractivity contribution in [3.8, 4) is 0 Å². The van der Waals surface area contributed by atoms with E-state index < -0.39 is 11.6 Å². The molecule has 126 valence electrons. The zero-order valence-corrected chi connectivity index (χ0v) is 13.8. The SMILES string of the molecule is CC(C)(C)OC(=O)N1CCCN(c2cnccc2C(=O)O)CC1. The molecule has 0 unspecified atom stereocenters. The van der Waals surface area contributed by atoms with Crippen LogP contribution in [0.2, 0.25) is 0 Å². The maximum absolute atomic E-state index is 12.2. The van der Waals surface area contributed by atoms with Gasteiger partial charge in [0.2, 0.25) is 0 Å². The van der Waals surface area contributed by atoms with Gasteiger partial charge in [-0.05, 0) is 33.3 Å². The fourth-order valence-corrected chi connectivity index (χ4v) is 2.49. The van der Waals surface area contributed by atoms with Crippen molar-refractivity contribution in [3.63, 3.8) is 0 Å². The first-order valence-electron chi connectivity index (χ1n) is 7.68. The fraction of sp³-hybridized carbons (Fsp3) is 0.562. The number of nitrogens with zero attached hydrogens (tertiary/aromatic N) is 3. The Bertz CT molecular complexity index is 583. The number of hydrogen-bond donors (Lipinski definition) is 1. The van der Waals surface area contributed by atoms with Gasteiger partial charge in [0.1, 0.15) is 5.60 Å². The largest absolute Gasteiger partial charge is 0.478 e. The zero-order valence-electron chi connectivity index (χ0n) is 13.8. The molecule has 1 amide bonds. The normalized spacial score (nSPS) is 16.0. The van der Waals surface area contributed by atoms with Crippen LogP contribution in [-0.4, -0.2) is 58.8 Å². The maximum atomic E-state index is 12.2. The summed E-state index contributed by atoms with van der Waals surface area (Å²) in [4.78, 5) is 31.2. The summed E-state index contributed by atoms with van der Waals surface area (Å²) >= 11 is 0. The van der Waals surface area contributed by atoms with Gasteiger partial charge in [0.25, 0.3) is 0 Å². The van der Waals surface area contributed by atoms with E-state index in [1.54, 1.807) is 11.1 Å². The Morgan fingerprint density at radius 3 is 2.61 bits per heavy atom. The molecule has 0 aromatic carbocycles. The highest BCUT2D eigenvalue weighted by atomic mass is 16.6. The van der Waals surface area contributed by atoms with Gasteiger partial charge >= 0.3 is 12.1 Å². The number of rotatable bonds is 2. The number of carbonyl (C=O) groups is 2. The van der Waals surface area contributed by atoms with Crippen molar-refractivity contribution in [2.75, 3.05) is 31.1 Å². The van der Waals surface area contributed by atoms with E-state index in [9.17, 15) is 14.7 Å². The van der Waals surface area contributed by atoms with Gasteiger partial charge in [0, 0.05) is 32.4 Å². The highest BCUT2D eigenvalue weighted by Crippen LogP contribution is 2.21. The standard InChI is InChI=1S/C16H23N3O4/c1-16(2,3)23-15(22)19-8-4-7-18(9-10-19)13-11-17-6-5-12(13)14(20)21/h5-6,11H,4,7-10H2,1-3H3,(H,20,21). The predicted molar refractivity (Wildman–Crippen MR) is 85.8 cm³/mol. The molecule has 7 nitrogen and oxygen atoms in total. The summed E-state index contributed by atoms with van der Waals surface area (Å²) in [5.74, 6) is -0.976. The van der Waals surface area contributed by atoms with E-state index >= 15 is 0 Å². The van der Waals surface area contributed by atoms with Gasteiger partial charge in [-0.25, -0.2) is 9.59 Å². The van der Waals surface area contributed by atoms with Crippen molar-refractivity contribution in [1.82, 2.24) is 9.88 Å². The number of ether oxygens (including phenoxy) is 1. The molecule has 0 radical (unpaired) electrons. The van der Waals surface area contributed by atoms with Gasteiger partial charge in [-0.1, -0.05) is 0 Å². The summed E-state index contributed by atoms with van der Waals surface area (Å²) in [6.07, 6.45) is 3.45. The van der Waals surface area contributed by atoms with Gasteiger partial charge in [-0.2, -0.15) is 0 Å². The number of carboxylic acid groups (broad SMARTS) is 1. The van der Waals surface area contributed by atoms with E-state index in [2.05, 4.69) is 4.98 Å². The number of pyridine rings is 1. The topological polar surface area (TPSA) is 83.0 Å². The third kappa shape index (κ3) is 4.58. The Kier molecular flexibility index (Phi) is 5.08. The minimum Gasteiger partial charge on any atom is -0.478 e. The van der Waals surface area contributed by atoms with Gasteiger partial charge in [-0.15, -0.1) is 0 Å². The molecule has 2 rings (SSSR count). The molecular formula is C16H23N3O4. The summed E-state index contributed by atoms with van der Waals surface area (Å²) in [5, 5.41) is 9.30. The van der Waals surface area contributed by atoms with Crippen molar-refractivity contribution in [3.05, 3.63) is 24.0 Å². The highest BCUT2D eigenvalue weighted by Gasteiger charge is 2.25. The van der Waals surface area contributed by atoms with E-state index in [0.29, 0.717) is 31.9 Å². The monoisotopic (exact) mass is 321 g/mol. The fourth-order valence-electron chi connectivity index (χ4n) is 2.49. The summed E-state index contributed by atoms with van der Waals surface area (Å²) in [6, 6.07) is 1.49. The van der Waals surface area contributed by atoms with Crippen LogP contribution < -0.4 is 4.90 Å². The van der Waals surface area contributed by atoms with Crippen LogP contribution >= 0.6 is 0 Å². The van der Waals surface area contributed by atoms with Crippen LogP contribution in [0.5, 0.6) is 0 Å². The van der Waals surface area contributed by atoms with Crippen molar-refractivity contribution in [2.45, 2.75) is 32.8 Å². The van der Waals surface area contributed by atoms with Crippen LogP contribution in [0.25, 0.3) is 0 Å². The highest BCUT2D eigenvalue weighted by molar-refractivity contribution is 5.94. The Morgan fingerprint density at radius 2 is 1.96 bits per heavy atom. The first-order chi connectivity index (χ1) is 10.8. The Morgan fingerprint density at radius 1 is 1.22 bits per heavy atom. The Balaban J connectivity index is 2.07. The van der Waals surface area contributed by atoms with Crippen LogP contribution in [0.15, 0.2) is 18.5 Å². The molecule has 1 aromatic rings. The molecule has 0 aliphatic carbocycles. The number of carboxylic acids is 1. The Labute approximate surface area is 135 Å². The van der Waals surface area contributed by atoms with Gasteiger partial charge < -0.3 is 19.6 Å². The van der Waals surface area contributed by atoms with Gasteiger partial charge in [0.15, 0.2) is 0 Å². The minimum atomic E-state index is -0.976. The average molecular weight is 321 g/mol. The molecule has 1 aromatic heterocycles. The van der Waals surface area contributed by atoms with E-state index in [1.807, 2.05) is 25.7 Å². The molecular weight excluding hydrogens is 298 g/mol. The van der Waals surface area contributed by atoms with E-state index in [0.717, 1.165) is 6.42 Å². The van der Waals surface area contributed by atoms with Crippen molar-refractivity contribution in [2.24, 2.45) is 0 Å². The molecule has 1 fully saturated rings.